The first kappa shape index (κ1) is 14.5. The van der Waals surface area contributed by atoms with Crippen molar-refractivity contribution in [1.82, 2.24) is 24.6 Å². The zero-order chi connectivity index (χ0) is 15.5. The predicted molar refractivity (Wildman–Crippen MR) is 90.4 cm³/mol. The molecule has 5 nitrogen and oxygen atoms in total. The second-order valence-electron chi connectivity index (χ2n) is 5.85. The predicted octanol–water partition coefficient (Wildman–Crippen LogP) is 2.38. The van der Waals surface area contributed by atoms with Gasteiger partial charge < -0.3 is 4.57 Å². The molecule has 0 radical (unpaired) electrons. The Hall–Kier alpha value is -2.05. The van der Waals surface area contributed by atoms with Crippen LogP contribution in [0.4, 0.5) is 0 Å². The van der Waals surface area contributed by atoms with E-state index in [0.29, 0.717) is 0 Å². The van der Waals surface area contributed by atoms with Crippen LogP contribution in [0.1, 0.15) is 22.9 Å². The maximum Gasteiger partial charge on any atom is 0.137 e. The summed E-state index contributed by atoms with van der Waals surface area (Å²) in [7, 11) is 0. The second kappa shape index (κ2) is 6.60. The average Bonchev–Trinajstić information content (AvgIpc) is 3.17. The smallest absolute Gasteiger partial charge is 0.137 e. The normalized spacial score (nSPS) is 15.3. The Balaban J connectivity index is 1.47. The minimum absolute atomic E-state index is 0.847. The molecule has 0 N–H and O–H groups in total. The van der Waals surface area contributed by atoms with Gasteiger partial charge in [0.15, 0.2) is 0 Å². The van der Waals surface area contributed by atoms with Crippen molar-refractivity contribution in [1.29, 1.82) is 0 Å². The number of benzene rings is 1. The van der Waals surface area contributed by atoms with Gasteiger partial charge >= 0.3 is 0 Å². The van der Waals surface area contributed by atoms with E-state index in [-0.39, 0.29) is 0 Å². The lowest BCUT2D eigenvalue weighted by molar-refractivity contribution is 0.268. The molecule has 23 heavy (non-hydrogen) atoms. The van der Waals surface area contributed by atoms with Crippen LogP contribution >= 0.6 is 11.3 Å². The van der Waals surface area contributed by atoms with Gasteiger partial charge in [-0.25, -0.2) is 4.98 Å². The van der Waals surface area contributed by atoms with Gasteiger partial charge in [-0.1, -0.05) is 30.3 Å². The Kier molecular flexibility index (Phi) is 4.17. The summed E-state index contributed by atoms with van der Waals surface area (Å²) in [5.41, 5.74) is 4.35. The molecule has 0 amide bonds. The quantitative estimate of drug-likeness (QED) is 0.739. The molecular formula is C17H19N5S. The van der Waals surface area contributed by atoms with Crippen LogP contribution in [0.2, 0.25) is 0 Å². The molecule has 0 saturated heterocycles. The van der Waals surface area contributed by atoms with E-state index in [4.69, 9.17) is 0 Å². The lowest BCUT2D eigenvalue weighted by atomic mass is 10.1. The standard InChI is InChI=1S/C17H19N5S/c1-2-4-14(5-3-1)10-17-20-19-16-6-7-21(8-9-22(16)17)11-15-12-23-13-18-15/h1-5,12-13H,6-11H2. The summed E-state index contributed by atoms with van der Waals surface area (Å²) in [4.78, 5) is 6.85. The third kappa shape index (κ3) is 3.33. The monoisotopic (exact) mass is 325 g/mol. The van der Waals surface area contributed by atoms with Gasteiger partial charge in [0.25, 0.3) is 0 Å². The van der Waals surface area contributed by atoms with Crippen molar-refractivity contribution in [2.45, 2.75) is 25.9 Å². The summed E-state index contributed by atoms with van der Waals surface area (Å²) in [6.45, 7) is 3.91. The summed E-state index contributed by atoms with van der Waals surface area (Å²) < 4.78 is 2.30. The lowest BCUT2D eigenvalue weighted by Crippen LogP contribution is -2.26. The summed E-state index contributed by atoms with van der Waals surface area (Å²) in [6, 6.07) is 10.5. The molecule has 0 bridgehead atoms. The van der Waals surface area contributed by atoms with Crippen LogP contribution in [0.5, 0.6) is 0 Å². The van der Waals surface area contributed by atoms with Gasteiger partial charge in [-0.15, -0.1) is 21.5 Å². The summed E-state index contributed by atoms with van der Waals surface area (Å²) in [6.07, 6.45) is 1.80. The molecule has 118 valence electrons. The van der Waals surface area contributed by atoms with Gasteiger partial charge in [0.05, 0.1) is 11.2 Å². The molecule has 0 spiro atoms. The average molecular weight is 325 g/mol. The molecule has 4 rings (SSSR count). The second-order valence-corrected chi connectivity index (χ2v) is 6.57. The zero-order valence-electron chi connectivity index (χ0n) is 12.9. The first-order chi connectivity index (χ1) is 11.4. The molecule has 0 atom stereocenters. The Morgan fingerprint density at radius 1 is 1.04 bits per heavy atom. The van der Waals surface area contributed by atoms with Crippen molar-refractivity contribution in [3.05, 3.63) is 64.1 Å². The van der Waals surface area contributed by atoms with Gasteiger partial charge in [-0.3, -0.25) is 4.90 Å². The van der Waals surface area contributed by atoms with Crippen molar-refractivity contribution in [2.75, 3.05) is 13.1 Å². The highest BCUT2D eigenvalue weighted by Gasteiger charge is 2.19. The van der Waals surface area contributed by atoms with Crippen molar-refractivity contribution < 1.29 is 0 Å². The topological polar surface area (TPSA) is 46.8 Å². The number of thiazole rings is 1. The van der Waals surface area contributed by atoms with Gasteiger partial charge in [0, 0.05) is 44.4 Å². The lowest BCUT2D eigenvalue weighted by Gasteiger charge is -2.18. The van der Waals surface area contributed by atoms with Gasteiger partial charge in [0.1, 0.15) is 11.6 Å². The van der Waals surface area contributed by atoms with E-state index in [1.54, 1.807) is 11.3 Å². The maximum absolute atomic E-state index is 4.42. The molecule has 0 aliphatic carbocycles. The van der Waals surface area contributed by atoms with Crippen LogP contribution in [0.25, 0.3) is 0 Å². The fraction of sp³-hybridized carbons (Fsp3) is 0.353. The van der Waals surface area contributed by atoms with Crippen LogP contribution in [-0.4, -0.2) is 37.7 Å². The zero-order valence-corrected chi connectivity index (χ0v) is 13.7. The highest BCUT2D eigenvalue weighted by molar-refractivity contribution is 7.07. The molecule has 1 aliphatic heterocycles. The summed E-state index contributed by atoms with van der Waals surface area (Å²) in [5.74, 6) is 2.18. The Labute approximate surface area is 139 Å². The number of hydrogen-bond acceptors (Lipinski definition) is 5. The maximum atomic E-state index is 4.42. The summed E-state index contributed by atoms with van der Waals surface area (Å²) >= 11 is 1.66. The first-order valence-corrected chi connectivity index (χ1v) is 8.87. The minimum atomic E-state index is 0.847. The Morgan fingerprint density at radius 3 is 2.78 bits per heavy atom. The molecule has 3 heterocycles. The van der Waals surface area contributed by atoms with Gasteiger partial charge in [-0.2, -0.15) is 0 Å². The Morgan fingerprint density at radius 2 is 1.96 bits per heavy atom. The van der Waals surface area contributed by atoms with E-state index in [0.717, 1.165) is 56.4 Å². The number of rotatable bonds is 4. The van der Waals surface area contributed by atoms with Crippen LogP contribution in [-0.2, 0) is 25.9 Å². The van der Waals surface area contributed by atoms with Crippen molar-refractivity contribution in [3.8, 4) is 0 Å². The first-order valence-electron chi connectivity index (χ1n) is 7.93. The molecule has 1 aromatic carbocycles. The Bertz CT molecular complexity index is 751. The minimum Gasteiger partial charge on any atom is -0.313 e. The van der Waals surface area contributed by atoms with Crippen molar-refractivity contribution in [2.24, 2.45) is 0 Å². The van der Waals surface area contributed by atoms with E-state index in [1.807, 2.05) is 11.6 Å². The third-order valence-electron chi connectivity index (χ3n) is 4.27. The fourth-order valence-corrected chi connectivity index (χ4v) is 3.59. The van der Waals surface area contributed by atoms with Crippen LogP contribution in [0, 0.1) is 0 Å². The van der Waals surface area contributed by atoms with Crippen LogP contribution in [0.3, 0.4) is 0 Å². The molecule has 0 fully saturated rings. The van der Waals surface area contributed by atoms with Crippen LogP contribution < -0.4 is 0 Å². The molecule has 3 aromatic rings. The highest BCUT2D eigenvalue weighted by atomic mass is 32.1. The molecule has 2 aromatic heterocycles. The number of aromatic nitrogens is 4. The molecule has 1 aliphatic rings. The van der Waals surface area contributed by atoms with Gasteiger partial charge in [-0.05, 0) is 5.56 Å². The third-order valence-corrected chi connectivity index (χ3v) is 4.90. The van der Waals surface area contributed by atoms with E-state index in [2.05, 4.69) is 54.3 Å². The van der Waals surface area contributed by atoms with E-state index in [9.17, 15) is 0 Å². The molecule has 0 unspecified atom stereocenters. The number of fused-ring (bicyclic) bond motifs is 1. The van der Waals surface area contributed by atoms with E-state index in [1.165, 1.54) is 5.56 Å². The van der Waals surface area contributed by atoms with Crippen molar-refractivity contribution in [3.63, 3.8) is 0 Å². The largest absolute Gasteiger partial charge is 0.313 e. The SMILES string of the molecule is c1ccc(Cc2nnc3n2CCN(Cc2cscn2)CC3)cc1. The number of nitrogens with zero attached hydrogens (tertiary/aromatic N) is 5. The van der Waals surface area contributed by atoms with E-state index < -0.39 is 0 Å². The van der Waals surface area contributed by atoms with Crippen LogP contribution in [0.15, 0.2) is 41.2 Å². The summed E-state index contributed by atoms with van der Waals surface area (Å²) in [5, 5.41) is 11.0. The van der Waals surface area contributed by atoms with Gasteiger partial charge in [0.2, 0.25) is 0 Å². The molecule has 0 saturated carbocycles. The number of hydrogen-bond donors (Lipinski definition) is 0. The van der Waals surface area contributed by atoms with Crippen molar-refractivity contribution >= 4 is 11.3 Å². The van der Waals surface area contributed by atoms with E-state index >= 15 is 0 Å². The fourth-order valence-electron chi connectivity index (χ4n) is 3.04. The molecule has 6 heteroatoms. The molecular weight excluding hydrogens is 306 g/mol. The highest BCUT2D eigenvalue weighted by Crippen LogP contribution is 2.15.